The fraction of sp³-hybridized carbons (Fsp3) is 0.636. The molecular formula is C22H32N3O2+. The van der Waals surface area contributed by atoms with Crippen LogP contribution < -0.4 is 10.6 Å². The maximum atomic E-state index is 13.0. The molecule has 1 saturated carbocycles. The molecule has 1 aromatic rings. The predicted molar refractivity (Wildman–Crippen MR) is 104 cm³/mol. The maximum Gasteiger partial charge on any atom is 0.281 e. The highest BCUT2D eigenvalue weighted by Crippen LogP contribution is 2.22. The van der Waals surface area contributed by atoms with Gasteiger partial charge in [0.1, 0.15) is 6.54 Å². The maximum absolute atomic E-state index is 13.0. The van der Waals surface area contributed by atoms with Crippen LogP contribution in [0.25, 0.3) is 0 Å². The van der Waals surface area contributed by atoms with Gasteiger partial charge in [0.25, 0.3) is 5.91 Å². The summed E-state index contributed by atoms with van der Waals surface area (Å²) in [6.07, 6.45) is 8.44. The van der Waals surface area contributed by atoms with Crippen molar-refractivity contribution in [1.29, 1.82) is 0 Å². The molecule has 0 spiro atoms. The van der Waals surface area contributed by atoms with Gasteiger partial charge in [-0.3, -0.25) is 9.59 Å². The number of carbonyl (C=O) groups is 2. The van der Waals surface area contributed by atoms with Crippen LogP contribution in [0.5, 0.6) is 0 Å². The summed E-state index contributed by atoms with van der Waals surface area (Å²) in [4.78, 5) is 27.5. The van der Waals surface area contributed by atoms with Gasteiger partial charge in [0, 0.05) is 37.0 Å². The summed E-state index contributed by atoms with van der Waals surface area (Å²) in [5, 5.41) is 5.43. The lowest BCUT2D eigenvalue weighted by molar-refractivity contribution is -0.695. The minimum atomic E-state index is -0.00693. The molecule has 3 N–H and O–H groups in total. The predicted octanol–water partition coefficient (Wildman–Crippen LogP) is 1.36. The van der Waals surface area contributed by atoms with E-state index >= 15 is 0 Å². The number of hydrogen-bond donors (Lipinski definition) is 2. The molecule has 5 heteroatoms. The first-order valence-electron chi connectivity index (χ1n) is 10.7. The molecule has 4 rings (SSSR count). The number of quaternary nitrogens is 1. The van der Waals surface area contributed by atoms with E-state index in [0.717, 1.165) is 38.6 Å². The molecular weight excluding hydrogens is 338 g/mol. The van der Waals surface area contributed by atoms with Gasteiger partial charge in [0.05, 0.1) is 0 Å². The zero-order valence-corrected chi connectivity index (χ0v) is 16.2. The van der Waals surface area contributed by atoms with E-state index in [1.54, 1.807) is 0 Å². The second-order valence-electron chi connectivity index (χ2n) is 8.46. The van der Waals surface area contributed by atoms with Gasteiger partial charge in [0.15, 0.2) is 6.04 Å². The number of nitrogens with one attached hydrogen (secondary N) is 1. The molecule has 0 bridgehead atoms. The van der Waals surface area contributed by atoms with E-state index in [0.29, 0.717) is 19.1 Å². The number of likely N-dealkylation sites (tertiary alicyclic amines) is 1. The fourth-order valence-electron chi connectivity index (χ4n) is 4.90. The minimum Gasteiger partial charge on any atom is -0.353 e. The van der Waals surface area contributed by atoms with Crippen LogP contribution in [0.4, 0.5) is 0 Å². The summed E-state index contributed by atoms with van der Waals surface area (Å²) in [5.74, 6) is 0.537. The molecule has 27 heavy (non-hydrogen) atoms. The third kappa shape index (κ3) is 4.34. The molecule has 1 atom stereocenters. The lowest BCUT2D eigenvalue weighted by Crippen LogP contribution is -2.93. The Bertz CT molecular complexity index is 676. The summed E-state index contributed by atoms with van der Waals surface area (Å²) in [6.45, 7) is 2.31. The third-order valence-electron chi connectivity index (χ3n) is 6.63. The number of carbonyl (C=O) groups excluding carboxylic acids is 2. The highest BCUT2D eigenvalue weighted by Gasteiger charge is 2.35. The number of hydrogen-bond acceptors (Lipinski definition) is 2. The van der Waals surface area contributed by atoms with E-state index in [1.807, 2.05) is 4.90 Å². The van der Waals surface area contributed by atoms with Crippen LogP contribution in [-0.2, 0) is 22.6 Å². The van der Waals surface area contributed by atoms with Crippen molar-refractivity contribution >= 4 is 11.8 Å². The number of fused-ring (bicyclic) bond motifs is 1. The first-order valence-corrected chi connectivity index (χ1v) is 10.7. The van der Waals surface area contributed by atoms with Crippen molar-refractivity contribution in [3.05, 3.63) is 35.4 Å². The Hall–Kier alpha value is -1.88. The monoisotopic (exact) mass is 370 g/mol. The number of amides is 2. The van der Waals surface area contributed by atoms with Gasteiger partial charge in [-0.1, -0.05) is 43.5 Å². The number of benzene rings is 1. The summed E-state index contributed by atoms with van der Waals surface area (Å²) in [5.41, 5.74) is 2.65. The van der Waals surface area contributed by atoms with Gasteiger partial charge >= 0.3 is 0 Å². The van der Waals surface area contributed by atoms with Gasteiger partial charge in [-0.15, -0.1) is 0 Å². The average Bonchev–Trinajstić information content (AvgIpc) is 2.73. The van der Waals surface area contributed by atoms with Gasteiger partial charge in [-0.2, -0.15) is 0 Å². The second-order valence-corrected chi connectivity index (χ2v) is 8.46. The Labute approximate surface area is 161 Å². The Morgan fingerprint density at radius 1 is 0.963 bits per heavy atom. The van der Waals surface area contributed by atoms with Gasteiger partial charge < -0.3 is 15.5 Å². The van der Waals surface area contributed by atoms with Crippen LogP contribution in [0.2, 0.25) is 0 Å². The third-order valence-corrected chi connectivity index (χ3v) is 6.63. The average molecular weight is 371 g/mol. The van der Waals surface area contributed by atoms with Crippen molar-refractivity contribution in [2.75, 3.05) is 13.1 Å². The quantitative estimate of drug-likeness (QED) is 0.844. The number of rotatable bonds is 3. The van der Waals surface area contributed by atoms with Crippen LogP contribution in [0.3, 0.4) is 0 Å². The van der Waals surface area contributed by atoms with Crippen molar-refractivity contribution in [2.45, 2.75) is 70.0 Å². The molecule has 0 unspecified atom stereocenters. The molecule has 0 radical (unpaired) electrons. The van der Waals surface area contributed by atoms with Crippen LogP contribution in [0.1, 0.15) is 56.1 Å². The first-order chi connectivity index (χ1) is 13.2. The molecule has 1 saturated heterocycles. The molecule has 5 nitrogen and oxygen atoms in total. The Morgan fingerprint density at radius 3 is 2.41 bits per heavy atom. The highest BCUT2D eigenvalue weighted by atomic mass is 16.2. The second kappa shape index (κ2) is 8.42. The fourth-order valence-corrected chi connectivity index (χ4v) is 4.90. The van der Waals surface area contributed by atoms with Gasteiger partial charge in [0.2, 0.25) is 5.91 Å². The molecule has 146 valence electrons. The lowest BCUT2D eigenvalue weighted by Gasteiger charge is -2.34. The minimum absolute atomic E-state index is 0.00693. The van der Waals surface area contributed by atoms with Crippen LogP contribution in [0, 0.1) is 5.92 Å². The molecule has 2 fully saturated rings. The topological polar surface area (TPSA) is 66.0 Å². The molecule has 3 aliphatic rings. The van der Waals surface area contributed by atoms with Crippen molar-refractivity contribution in [2.24, 2.45) is 5.92 Å². The summed E-state index contributed by atoms with van der Waals surface area (Å²) < 4.78 is 0. The Morgan fingerprint density at radius 2 is 1.67 bits per heavy atom. The Kier molecular flexibility index (Phi) is 5.77. The zero-order chi connectivity index (χ0) is 18.6. The summed E-state index contributed by atoms with van der Waals surface area (Å²) in [7, 11) is 0. The number of piperidine rings is 1. The standard InChI is InChI=1S/C22H31N3O2/c26-21(24-19-8-2-1-3-9-19)16-10-12-25(13-11-16)22(27)20-14-17-6-4-5-7-18(17)15-23-20/h4-7,16,19-20,23H,1-3,8-15H2,(H,24,26)/p+1/t20-/m0/s1. The largest absolute Gasteiger partial charge is 0.353 e. The van der Waals surface area contributed by atoms with Crippen LogP contribution >= 0.6 is 0 Å². The van der Waals surface area contributed by atoms with Crippen LogP contribution in [-0.4, -0.2) is 41.9 Å². The first kappa shape index (κ1) is 18.5. The van der Waals surface area contributed by atoms with Gasteiger partial charge in [-0.25, -0.2) is 0 Å². The van der Waals surface area contributed by atoms with Crippen molar-refractivity contribution in [3.8, 4) is 0 Å². The zero-order valence-electron chi connectivity index (χ0n) is 16.2. The van der Waals surface area contributed by atoms with Crippen molar-refractivity contribution in [1.82, 2.24) is 10.2 Å². The van der Waals surface area contributed by atoms with E-state index in [1.165, 1.54) is 30.4 Å². The smallest absolute Gasteiger partial charge is 0.281 e. The van der Waals surface area contributed by atoms with E-state index in [-0.39, 0.29) is 23.8 Å². The van der Waals surface area contributed by atoms with Crippen molar-refractivity contribution < 1.29 is 14.9 Å². The molecule has 2 heterocycles. The van der Waals surface area contributed by atoms with Crippen molar-refractivity contribution in [3.63, 3.8) is 0 Å². The molecule has 1 aromatic carbocycles. The van der Waals surface area contributed by atoms with E-state index in [9.17, 15) is 9.59 Å². The summed E-state index contributed by atoms with van der Waals surface area (Å²) in [6, 6.07) is 8.79. The number of nitrogens with zero attached hydrogens (tertiary/aromatic N) is 1. The van der Waals surface area contributed by atoms with E-state index < -0.39 is 0 Å². The van der Waals surface area contributed by atoms with Crippen LogP contribution in [0.15, 0.2) is 24.3 Å². The normalized spacial score (nSPS) is 24.3. The molecule has 0 aromatic heterocycles. The van der Waals surface area contributed by atoms with Gasteiger partial charge in [-0.05, 0) is 31.2 Å². The Balaban J connectivity index is 1.26. The number of nitrogens with two attached hydrogens (primary N) is 1. The van der Waals surface area contributed by atoms with E-state index in [4.69, 9.17) is 0 Å². The van der Waals surface area contributed by atoms with E-state index in [2.05, 4.69) is 34.9 Å². The molecule has 2 amide bonds. The molecule has 1 aliphatic carbocycles. The SMILES string of the molecule is O=C(NC1CCCCC1)C1CCN(C(=O)[C@@H]2Cc3ccccc3C[NH2+]2)CC1. The molecule has 2 aliphatic heterocycles. The lowest BCUT2D eigenvalue weighted by atomic mass is 9.91. The summed E-state index contributed by atoms with van der Waals surface area (Å²) >= 11 is 0. The highest BCUT2D eigenvalue weighted by molar-refractivity contribution is 5.82.